The van der Waals surface area contributed by atoms with Crippen LogP contribution in [0.2, 0.25) is 5.02 Å². The van der Waals surface area contributed by atoms with Crippen molar-refractivity contribution in [3.8, 4) is 0 Å². The number of para-hydroxylation sites is 1. The molecule has 6 heteroatoms. The van der Waals surface area contributed by atoms with Crippen molar-refractivity contribution in [2.24, 2.45) is 4.99 Å². The van der Waals surface area contributed by atoms with Crippen molar-refractivity contribution in [2.45, 2.75) is 52.0 Å². The van der Waals surface area contributed by atoms with Crippen molar-refractivity contribution >= 4 is 51.9 Å². The molecule has 4 rings (SSSR count). The first-order chi connectivity index (χ1) is 15.2. The summed E-state index contributed by atoms with van der Waals surface area (Å²) in [6.45, 7) is 9.50. The van der Waals surface area contributed by atoms with Gasteiger partial charge in [0.05, 0.1) is 10.6 Å². The molecule has 0 saturated carbocycles. The van der Waals surface area contributed by atoms with Crippen LogP contribution >= 0.6 is 23.4 Å². The fraction of sp³-hybridized carbons (Fsp3) is 0.385. The van der Waals surface area contributed by atoms with E-state index in [0.29, 0.717) is 22.4 Å². The summed E-state index contributed by atoms with van der Waals surface area (Å²) < 4.78 is 0. The molecule has 168 valence electrons. The minimum Gasteiger partial charge on any atom is -0.369 e. The van der Waals surface area contributed by atoms with E-state index in [1.54, 1.807) is 4.90 Å². The summed E-state index contributed by atoms with van der Waals surface area (Å²) >= 11 is 8.14. The van der Waals surface area contributed by atoms with E-state index in [4.69, 9.17) is 16.6 Å². The van der Waals surface area contributed by atoms with E-state index in [9.17, 15) is 4.79 Å². The Morgan fingerprint density at radius 1 is 1.25 bits per heavy atom. The number of carbonyl (C=O) groups is 1. The Balaban J connectivity index is 1.72. The van der Waals surface area contributed by atoms with E-state index < -0.39 is 0 Å². The van der Waals surface area contributed by atoms with Crippen LogP contribution < -0.4 is 4.90 Å². The molecule has 4 nitrogen and oxygen atoms in total. The number of aliphatic imine (C=N–C) groups is 1. The highest BCUT2D eigenvalue weighted by molar-refractivity contribution is 8.18. The third-order valence-electron chi connectivity index (χ3n) is 6.35. The van der Waals surface area contributed by atoms with E-state index in [1.807, 2.05) is 42.5 Å². The van der Waals surface area contributed by atoms with Gasteiger partial charge in [-0.05, 0) is 85.8 Å². The van der Waals surface area contributed by atoms with E-state index >= 15 is 0 Å². The van der Waals surface area contributed by atoms with Gasteiger partial charge in [-0.3, -0.25) is 9.69 Å². The highest BCUT2D eigenvalue weighted by Crippen LogP contribution is 2.45. The maximum Gasteiger partial charge on any atom is 0.266 e. The number of carbonyl (C=O) groups excluding carboxylic acids is 1. The largest absolute Gasteiger partial charge is 0.369 e. The van der Waals surface area contributed by atoms with Gasteiger partial charge in [-0.1, -0.05) is 43.6 Å². The molecule has 0 N–H and O–H groups in total. The van der Waals surface area contributed by atoms with Gasteiger partial charge in [-0.2, -0.15) is 0 Å². The Morgan fingerprint density at radius 3 is 2.66 bits per heavy atom. The lowest BCUT2D eigenvalue weighted by Crippen LogP contribution is -2.45. The average molecular weight is 468 g/mol. The normalized spacial score (nSPS) is 22.7. The maximum atomic E-state index is 13.2. The van der Waals surface area contributed by atoms with Crippen LogP contribution in [-0.2, 0) is 4.79 Å². The summed E-state index contributed by atoms with van der Waals surface area (Å²) in [5.74, 6) is 0.413. The molecule has 1 atom stereocenters. The average Bonchev–Trinajstić information content (AvgIpc) is 3.03. The zero-order chi connectivity index (χ0) is 23.0. The molecule has 0 unspecified atom stereocenters. The zero-order valence-electron chi connectivity index (χ0n) is 19.4. The van der Waals surface area contributed by atoms with Crippen LogP contribution in [0.5, 0.6) is 0 Å². The topological polar surface area (TPSA) is 35.9 Å². The number of thioether (sulfide) groups is 1. The van der Waals surface area contributed by atoms with Gasteiger partial charge in [0.1, 0.15) is 0 Å². The number of halogens is 1. The predicted octanol–water partition coefficient (Wildman–Crippen LogP) is 7.08. The molecule has 0 spiro atoms. The van der Waals surface area contributed by atoms with Gasteiger partial charge in [0.15, 0.2) is 5.17 Å². The highest BCUT2D eigenvalue weighted by atomic mass is 35.5. The van der Waals surface area contributed by atoms with Gasteiger partial charge in [0.2, 0.25) is 0 Å². The number of amides is 1. The second-order valence-electron chi connectivity index (χ2n) is 9.21. The lowest BCUT2D eigenvalue weighted by molar-refractivity contribution is -0.122. The summed E-state index contributed by atoms with van der Waals surface area (Å²) in [5.41, 5.74) is 4.26. The number of amidine groups is 1. The van der Waals surface area contributed by atoms with Crippen molar-refractivity contribution < 1.29 is 4.79 Å². The first-order valence-electron chi connectivity index (χ1n) is 11.1. The third-order valence-corrected chi connectivity index (χ3v) is 7.69. The van der Waals surface area contributed by atoms with Crippen molar-refractivity contribution in [3.05, 3.63) is 63.5 Å². The Hall–Kier alpha value is -2.24. The minimum atomic E-state index is -0.00776. The Labute approximate surface area is 200 Å². The Bertz CT molecular complexity index is 1090. The fourth-order valence-corrected chi connectivity index (χ4v) is 5.71. The van der Waals surface area contributed by atoms with Crippen LogP contribution in [0.15, 0.2) is 52.4 Å². The molecule has 1 amide bonds. The molecule has 0 bridgehead atoms. The Kier molecular flexibility index (Phi) is 6.42. The number of anilines is 1. The quantitative estimate of drug-likeness (QED) is 0.451. The summed E-state index contributed by atoms with van der Waals surface area (Å²) in [6, 6.07) is 14.0. The first kappa shape index (κ1) is 22.9. The van der Waals surface area contributed by atoms with Gasteiger partial charge in [-0.15, -0.1) is 0 Å². The number of hydrogen-bond donors (Lipinski definition) is 0. The number of fused-ring (bicyclic) bond motifs is 1. The first-order valence-corrected chi connectivity index (χ1v) is 12.3. The molecule has 1 fully saturated rings. The van der Waals surface area contributed by atoms with Gasteiger partial charge in [0.25, 0.3) is 5.91 Å². The second-order valence-corrected chi connectivity index (χ2v) is 10.6. The maximum absolute atomic E-state index is 13.2. The van der Waals surface area contributed by atoms with Gasteiger partial charge in [-0.25, -0.2) is 4.99 Å². The van der Waals surface area contributed by atoms with Crippen molar-refractivity contribution in [1.82, 2.24) is 4.90 Å². The lowest BCUT2D eigenvalue weighted by Gasteiger charge is -2.45. The molecular weight excluding hydrogens is 438 g/mol. The molecule has 2 aliphatic heterocycles. The summed E-state index contributed by atoms with van der Waals surface area (Å²) in [7, 11) is 2.13. The van der Waals surface area contributed by atoms with Crippen molar-refractivity contribution in [2.75, 3.05) is 18.5 Å². The number of benzene rings is 2. The SMILES string of the molecule is CCCN1C(=O)/C(=C/c2cc3c(cc2Cl)N(C)C(C)(C)C[C@H]3C)SC1=Nc1ccccc1. The van der Waals surface area contributed by atoms with Crippen LogP contribution in [0.25, 0.3) is 6.08 Å². The van der Waals surface area contributed by atoms with Gasteiger partial charge < -0.3 is 4.90 Å². The number of rotatable bonds is 4. The van der Waals surface area contributed by atoms with Crippen LogP contribution in [-0.4, -0.2) is 35.1 Å². The molecule has 0 aromatic heterocycles. The van der Waals surface area contributed by atoms with Gasteiger partial charge >= 0.3 is 0 Å². The summed E-state index contributed by atoms with van der Waals surface area (Å²) in [6.07, 6.45) is 3.87. The molecule has 2 heterocycles. The van der Waals surface area contributed by atoms with Gasteiger partial charge in [0, 0.05) is 29.8 Å². The summed E-state index contributed by atoms with van der Waals surface area (Å²) in [4.78, 5) is 22.7. The molecule has 2 aromatic carbocycles. The zero-order valence-corrected chi connectivity index (χ0v) is 20.9. The highest BCUT2D eigenvalue weighted by Gasteiger charge is 2.36. The monoisotopic (exact) mass is 467 g/mol. The van der Waals surface area contributed by atoms with Crippen molar-refractivity contribution in [3.63, 3.8) is 0 Å². The lowest BCUT2D eigenvalue weighted by atomic mass is 9.80. The summed E-state index contributed by atoms with van der Waals surface area (Å²) in [5, 5.41) is 1.38. The fourth-order valence-electron chi connectivity index (χ4n) is 4.48. The van der Waals surface area contributed by atoms with E-state index in [-0.39, 0.29) is 11.4 Å². The molecule has 1 saturated heterocycles. The molecule has 0 radical (unpaired) electrons. The van der Waals surface area contributed by atoms with Crippen LogP contribution in [0.4, 0.5) is 11.4 Å². The molecule has 2 aromatic rings. The van der Waals surface area contributed by atoms with E-state index in [1.165, 1.54) is 23.0 Å². The van der Waals surface area contributed by atoms with Crippen molar-refractivity contribution in [1.29, 1.82) is 0 Å². The van der Waals surface area contributed by atoms with Crippen LogP contribution in [0.3, 0.4) is 0 Å². The van der Waals surface area contributed by atoms with E-state index in [2.05, 4.69) is 45.7 Å². The van der Waals surface area contributed by atoms with Crippen LogP contribution in [0, 0.1) is 0 Å². The third kappa shape index (κ3) is 4.33. The molecule has 0 aliphatic carbocycles. The molecule has 2 aliphatic rings. The Morgan fingerprint density at radius 2 is 1.97 bits per heavy atom. The van der Waals surface area contributed by atoms with E-state index in [0.717, 1.165) is 29.3 Å². The number of hydrogen-bond acceptors (Lipinski definition) is 4. The second kappa shape index (κ2) is 8.95. The smallest absolute Gasteiger partial charge is 0.266 e. The minimum absolute atomic E-state index is 0.00776. The molecular formula is C26H30ClN3OS. The molecule has 32 heavy (non-hydrogen) atoms. The standard InChI is InChI=1S/C26H30ClN3OS/c1-6-12-30-24(31)23(32-25(30)28-19-10-8-7-9-11-19)14-18-13-20-17(2)16-26(3,4)29(5)22(20)15-21(18)27/h7-11,13-15,17H,6,12,16H2,1-5H3/b23-14-,28-25?/t17-/m1/s1. The predicted molar refractivity (Wildman–Crippen MR) is 138 cm³/mol. The number of nitrogens with zero attached hydrogens (tertiary/aromatic N) is 3. The van der Waals surface area contributed by atoms with Crippen LogP contribution in [0.1, 0.15) is 57.6 Å².